The highest BCUT2D eigenvalue weighted by atomic mass is 15.2. The molecule has 1 aromatic rings. The van der Waals surface area contributed by atoms with Crippen molar-refractivity contribution in [2.45, 2.75) is 25.6 Å². The van der Waals surface area contributed by atoms with Crippen molar-refractivity contribution in [3.63, 3.8) is 0 Å². The lowest BCUT2D eigenvalue weighted by molar-refractivity contribution is 0.152. The molecule has 2 aliphatic heterocycles. The van der Waals surface area contributed by atoms with Crippen molar-refractivity contribution in [3.8, 4) is 0 Å². The average molecular weight is 231 g/mol. The third-order valence-corrected chi connectivity index (χ3v) is 4.22. The molecule has 2 aliphatic rings. The lowest BCUT2D eigenvalue weighted by atomic mass is 9.97. The zero-order valence-electron chi connectivity index (χ0n) is 10.2. The van der Waals surface area contributed by atoms with Gasteiger partial charge in [-0.2, -0.15) is 0 Å². The Morgan fingerprint density at radius 2 is 2.00 bits per heavy atom. The average Bonchev–Trinajstić information content (AvgIpc) is 2.98. The molecular formula is C14H21N3. The van der Waals surface area contributed by atoms with E-state index in [4.69, 9.17) is 5.73 Å². The first-order valence-electron chi connectivity index (χ1n) is 6.60. The fourth-order valence-electron chi connectivity index (χ4n) is 3.24. The summed E-state index contributed by atoms with van der Waals surface area (Å²) < 4.78 is 0. The molecular weight excluding hydrogens is 210 g/mol. The van der Waals surface area contributed by atoms with E-state index in [1.54, 1.807) is 0 Å². The summed E-state index contributed by atoms with van der Waals surface area (Å²) in [6.45, 7) is 5.22. The normalized spacial score (nSPS) is 26.1. The van der Waals surface area contributed by atoms with Gasteiger partial charge in [0.1, 0.15) is 0 Å². The molecule has 0 amide bonds. The molecule has 2 unspecified atom stereocenters. The van der Waals surface area contributed by atoms with E-state index in [1.807, 2.05) is 0 Å². The Kier molecular flexibility index (Phi) is 3.14. The maximum absolute atomic E-state index is 6.00. The zero-order chi connectivity index (χ0) is 11.7. The third-order valence-electron chi connectivity index (χ3n) is 4.22. The number of fused-ring (bicyclic) bond motifs is 1. The van der Waals surface area contributed by atoms with Gasteiger partial charge >= 0.3 is 0 Å². The summed E-state index contributed by atoms with van der Waals surface area (Å²) >= 11 is 0. The van der Waals surface area contributed by atoms with Crippen LogP contribution in [-0.4, -0.2) is 30.6 Å². The molecule has 3 rings (SSSR count). The van der Waals surface area contributed by atoms with E-state index in [0.29, 0.717) is 6.04 Å². The molecule has 0 aliphatic carbocycles. The molecule has 1 saturated heterocycles. The smallest absolute Gasteiger partial charge is 0.0266 e. The van der Waals surface area contributed by atoms with E-state index in [2.05, 4.69) is 34.5 Å². The van der Waals surface area contributed by atoms with Crippen molar-refractivity contribution in [3.05, 3.63) is 35.4 Å². The Balaban J connectivity index is 1.73. The molecule has 2 atom stereocenters. The minimum absolute atomic E-state index is 0.539. The minimum Gasteiger partial charge on any atom is -0.329 e. The van der Waals surface area contributed by atoms with Crippen molar-refractivity contribution in [1.82, 2.24) is 10.2 Å². The predicted molar refractivity (Wildman–Crippen MR) is 69.5 cm³/mol. The first kappa shape index (κ1) is 11.2. The molecule has 17 heavy (non-hydrogen) atoms. The zero-order valence-corrected chi connectivity index (χ0v) is 10.2. The van der Waals surface area contributed by atoms with E-state index < -0.39 is 0 Å². The third kappa shape index (κ3) is 2.10. The summed E-state index contributed by atoms with van der Waals surface area (Å²) in [6, 6.07) is 9.30. The fraction of sp³-hybridized carbons (Fsp3) is 0.571. The molecule has 0 aromatic heterocycles. The largest absolute Gasteiger partial charge is 0.329 e. The van der Waals surface area contributed by atoms with Crippen molar-refractivity contribution in [2.24, 2.45) is 11.7 Å². The monoisotopic (exact) mass is 231 g/mol. The van der Waals surface area contributed by atoms with Crippen molar-refractivity contribution in [2.75, 3.05) is 19.6 Å². The second-order valence-electron chi connectivity index (χ2n) is 5.23. The van der Waals surface area contributed by atoms with Gasteiger partial charge in [-0.3, -0.25) is 4.90 Å². The lowest BCUT2D eigenvalue weighted by Gasteiger charge is -2.31. The molecule has 92 valence electrons. The van der Waals surface area contributed by atoms with Crippen LogP contribution in [-0.2, 0) is 13.1 Å². The van der Waals surface area contributed by atoms with Gasteiger partial charge < -0.3 is 11.1 Å². The maximum atomic E-state index is 6.00. The Morgan fingerprint density at radius 3 is 2.53 bits per heavy atom. The summed E-state index contributed by atoms with van der Waals surface area (Å²) in [6.07, 6.45) is 1.27. The lowest BCUT2D eigenvalue weighted by Crippen LogP contribution is -2.43. The number of benzene rings is 1. The van der Waals surface area contributed by atoms with Crippen molar-refractivity contribution >= 4 is 0 Å². The van der Waals surface area contributed by atoms with E-state index in [0.717, 1.165) is 38.6 Å². The minimum atomic E-state index is 0.539. The summed E-state index contributed by atoms with van der Waals surface area (Å²) in [7, 11) is 0. The summed E-state index contributed by atoms with van der Waals surface area (Å²) in [5.74, 6) is 0.731. The molecule has 0 spiro atoms. The Morgan fingerprint density at radius 1 is 1.29 bits per heavy atom. The van der Waals surface area contributed by atoms with E-state index in [1.165, 1.54) is 17.5 Å². The van der Waals surface area contributed by atoms with Crippen LogP contribution >= 0.6 is 0 Å². The SMILES string of the molecule is NCC(C1CCNC1)N1Cc2ccccc2C1. The quantitative estimate of drug-likeness (QED) is 0.813. The van der Waals surface area contributed by atoms with Crippen LogP contribution in [0.15, 0.2) is 24.3 Å². The number of hydrogen-bond donors (Lipinski definition) is 2. The summed E-state index contributed by atoms with van der Waals surface area (Å²) in [5.41, 5.74) is 8.96. The topological polar surface area (TPSA) is 41.3 Å². The molecule has 0 saturated carbocycles. The second kappa shape index (κ2) is 4.77. The van der Waals surface area contributed by atoms with E-state index in [9.17, 15) is 0 Å². The highest BCUT2D eigenvalue weighted by molar-refractivity contribution is 5.30. The van der Waals surface area contributed by atoms with Crippen LogP contribution in [0.1, 0.15) is 17.5 Å². The van der Waals surface area contributed by atoms with Crippen LogP contribution in [0.5, 0.6) is 0 Å². The number of hydrogen-bond acceptors (Lipinski definition) is 3. The molecule has 1 aromatic carbocycles. The van der Waals surface area contributed by atoms with Crippen LogP contribution in [0.3, 0.4) is 0 Å². The molecule has 0 radical (unpaired) electrons. The first-order valence-corrected chi connectivity index (χ1v) is 6.60. The van der Waals surface area contributed by atoms with Crippen molar-refractivity contribution in [1.29, 1.82) is 0 Å². The Hall–Kier alpha value is -0.900. The van der Waals surface area contributed by atoms with Gasteiger partial charge in [0.25, 0.3) is 0 Å². The van der Waals surface area contributed by atoms with Gasteiger partial charge in [0.2, 0.25) is 0 Å². The molecule has 2 heterocycles. The number of nitrogens with one attached hydrogen (secondary N) is 1. The second-order valence-corrected chi connectivity index (χ2v) is 5.23. The number of rotatable bonds is 3. The van der Waals surface area contributed by atoms with Crippen molar-refractivity contribution < 1.29 is 0 Å². The van der Waals surface area contributed by atoms with Crippen LogP contribution in [0, 0.1) is 5.92 Å². The van der Waals surface area contributed by atoms with Crippen LogP contribution in [0.2, 0.25) is 0 Å². The predicted octanol–water partition coefficient (Wildman–Crippen LogP) is 0.939. The van der Waals surface area contributed by atoms with Gasteiger partial charge in [-0.1, -0.05) is 24.3 Å². The highest BCUT2D eigenvalue weighted by Gasteiger charge is 2.31. The van der Waals surface area contributed by atoms with Gasteiger partial charge in [-0.25, -0.2) is 0 Å². The van der Waals surface area contributed by atoms with E-state index >= 15 is 0 Å². The van der Waals surface area contributed by atoms with Gasteiger partial charge in [-0.15, -0.1) is 0 Å². The van der Waals surface area contributed by atoms with E-state index in [-0.39, 0.29) is 0 Å². The fourth-order valence-corrected chi connectivity index (χ4v) is 3.24. The van der Waals surface area contributed by atoms with Gasteiger partial charge in [0.05, 0.1) is 0 Å². The molecule has 3 heteroatoms. The van der Waals surface area contributed by atoms with Crippen LogP contribution in [0.4, 0.5) is 0 Å². The Labute approximate surface area is 103 Å². The maximum Gasteiger partial charge on any atom is 0.0266 e. The summed E-state index contributed by atoms with van der Waals surface area (Å²) in [4.78, 5) is 2.56. The number of nitrogens with two attached hydrogens (primary N) is 1. The molecule has 0 bridgehead atoms. The van der Waals surface area contributed by atoms with Gasteiger partial charge in [0.15, 0.2) is 0 Å². The van der Waals surface area contributed by atoms with Crippen LogP contribution < -0.4 is 11.1 Å². The first-order chi connectivity index (χ1) is 8.38. The molecule has 3 N–H and O–H groups in total. The number of nitrogens with zero attached hydrogens (tertiary/aromatic N) is 1. The molecule has 1 fully saturated rings. The van der Waals surface area contributed by atoms with Gasteiger partial charge in [0, 0.05) is 25.7 Å². The van der Waals surface area contributed by atoms with Crippen LogP contribution in [0.25, 0.3) is 0 Å². The van der Waals surface area contributed by atoms with Gasteiger partial charge in [-0.05, 0) is 36.6 Å². The standard InChI is InChI=1S/C14H21N3/c15-7-14(11-5-6-16-8-11)17-9-12-3-1-2-4-13(12)10-17/h1-4,11,14,16H,5-10,15H2. The Bertz CT molecular complexity index is 360. The summed E-state index contributed by atoms with van der Waals surface area (Å²) in [5, 5.41) is 3.45. The highest BCUT2D eigenvalue weighted by Crippen LogP contribution is 2.28. The molecule has 3 nitrogen and oxygen atoms in total.